The zero-order chi connectivity index (χ0) is 23.2. The van der Waals surface area contributed by atoms with Crippen LogP contribution in [-0.2, 0) is 10.0 Å². The minimum atomic E-state index is -3.50. The summed E-state index contributed by atoms with van der Waals surface area (Å²) in [6, 6.07) is 14.0. The number of carbonyl (C=O) groups excluding carboxylic acids is 1. The van der Waals surface area contributed by atoms with Crippen LogP contribution in [0.5, 0.6) is 0 Å². The van der Waals surface area contributed by atoms with E-state index in [4.69, 9.17) is 0 Å². The number of thiophene rings is 1. The lowest BCUT2D eigenvalue weighted by Gasteiger charge is -2.15. The molecule has 0 unspecified atom stereocenters. The highest BCUT2D eigenvalue weighted by Gasteiger charge is 2.27. The molecular weight excluding hydrogens is 463 g/mol. The quantitative estimate of drug-likeness (QED) is 0.450. The van der Waals surface area contributed by atoms with Gasteiger partial charge in [-0.3, -0.25) is 4.79 Å². The summed E-state index contributed by atoms with van der Waals surface area (Å²) >= 11 is 1.29. The number of aryl methyl sites for hydroxylation is 1. The summed E-state index contributed by atoms with van der Waals surface area (Å²) < 4.78 is 41.8. The third kappa shape index (κ3) is 4.05. The molecule has 33 heavy (non-hydrogen) atoms. The first-order valence-corrected chi connectivity index (χ1v) is 12.8. The highest BCUT2D eigenvalue weighted by molar-refractivity contribution is 7.89. The molecule has 4 aromatic rings. The molecule has 1 saturated heterocycles. The average Bonchev–Trinajstić information content (AvgIpc) is 3.54. The number of halogens is 1. The standard InChI is InChI=1S/C23H21FN4O3S2/c1-15-20-14-21(32-23(20)28(26-15)18-8-4-16(24)5-9-18)22(29)25-17-6-10-19(11-7-17)33(30,31)27-12-2-3-13-27/h4-11,14H,2-3,12-13H2,1H3,(H,25,29). The highest BCUT2D eigenvalue weighted by Crippen LogP contribution is 2.31. The minimum Gasteiger partial charge on any atom is -0.321 e. The van der Waals surface area contributed by atoms with Crippen molar-refractivity contribution in [2.75, 3.05) is 18.4 Å². The zero-order valence-corrected chi connectivity index (χ0v) is 19.4. The lowest BCUT2D eigenvalue weighted by atomic mass is 10.3. The molecule has 2 aromatic heterocycles. The molecule has 2 aromatic carbocycles. The number of benzene rings is 2. The van der Waals surface area contributed by atoms with Crippen LogP contribution in [0.2, 0.25) is 0 Å². The second-order valence-corrected chi connectivity index (χ2v) is 10.9. The van der Waals surface area contributed by atoms with Gasteiger partial charge in [-0.2, -0.15) is 9.40 Å². The third-order valence-corrected chi connectivity index (χ3v) is 8.68. The summed E-state index contributed by atoms with van der Waals surface area (Å²) in [5.41, 5.74) is 1.98. The molecule has 10 heteroatoms. The molecule has 0 atom stereocenters. The lowest BCUT2D eigenvalue weighted by molar-refractivity contribution is 0.103. The van der Waals surface area contributed by atoms with Crippen molar-refractivity contribution in [1.82, 2.24) is 14.1 Å². The van der Waals surface area contributed by atoms with E-state index >= 15 is 0 Å². The molecular formula is C23H21FN4O3S2. The Morgan fingerprint density at radius 3 is 2.39 bits per heavy atom. The number of rotatable bonds is 5. The van der Waals surface area contributed by atoms with E-state index in [-0.39, 0.29) is 16.6 Å². The van der Waals surface area contributed by atoms with Crippen molar-refractivity contribution in [3.05, 3.63) is 71.0 Å². The van der Waals surface area contributed by atoms with Crippen molar-refractivity contribution in [3.8, 4) is 5.69 Å². The summed E-state index contributed by atoms with van der Waals surface area (Å²) in [5.74, 6) is -0.624. The van der Waals surface area contributed by atoms with Gasteiger partial charge >= 0.3 is 0 Å². The lowest BCUT2D eigenvalue weighted by Crippen LogP contribution is -2.27. The van der Waals surface area contributed by atoms with Crippen LogP contribution in [0.15, 0.2) is 59.5 Å². The molecule has 7 nitrogen and oxygen atoms in total. The van der Waals surface area contributed by atoms with Crippen LogP contribution < -0.4 is 5.32 Å². The van der Waals surface area contributed by atoms with Crippen molar-refractivity contribution in [2.24, 2.45) is 0 Å². The Kier molecular flexibility index (Phi) is 5.51. The monoisotopic (exact) mass is 484 g/mol. The van der Waals surface area contributed by atoms with Crippen LogP contribution in [0.3, 0.4) is 0 Å². The Bertz CT molecular complexity index is 1440. The van der Waals surface area contributed by atoms with Gasteiger partial charge in [0.1, 0.15) is 10.6 Å². The maximum Gasteiger partial charge on any atom is 0.265 e. The normalized spacial score (nSPS) is 14.7. The molecule has 0 radical (unpaired) electrons. The number of nitrogens with one attached hydrogen (secondary N) is 1. The highest BCUT2D eigenvalue weighted by atomic mass is 32.2. The fourth-order valence-corrected chi connectivity index (χ4v) is 6.49. The number of aromatic nitrogens is 2. The van der Waals surface area contributed by atoms with Gasteiger partial charge in [-0.1, -0.05) is 0 Å². The maximum absolute atomic E-state index is 13.3. The number of nitrogens with zero attached hydrogens (tertiary/aromatic N) is 3. The minimum absolute atomic E-state index is 0.222. The summed E-state index contributed by atoms with van der Waals surface area (Å²) in [6.45, 7) is 2.94. The predicted molar refractivity (Wildman–Crippen MR) is 126 cm³/mol. The van der Waals surface area contributed by atoms with Crippen molar-refractivity contribution in [3.63, 3.8) is 0 Å². The van der Waals surface area contributed by atoms with Crippen LogP contribution in [0, 0.1) is 12.7 Å². The number of hydrogen-bond donors (Lipinski definition) is 1. The molecule has 1 aliphatic heterocycles. The molecule has 0 aliphatic carbocycles. The van der Waals surface area contributed by atoms with Crippen LogP contribution in [-0.4, -0.2) is 41.5 Å². The van der Waals surface area contributed by atoms with E-state index in [0.717, 1.165) is 28.8 Å². The number of anilines is 1. The molecule has 3 heterocycles. The summed E-state index contributed by atoms with van der Waals surface area (Å²) in [6.07, 6.45) is 1.75. The molecule has 1 aliphatic rings. The Hall–Kier alpha value is -3.08. The number of fused-ring (bicyclic) bond motifs is 1. The van der Waals surface area contributed by atoms with Crippen LogP contribution in [0.4, 0.5) is 10.1 Å². The zero-order valence-electron chi connectivity index (χ0n) is 17.8. The van der Waals surface area contributed by atoms with Crippen molar-refractivity contribution >= 4 is 43.2 Å². The number of sulfonamides is 1. The Morgan fingerprint density at radius 2 is 1.73 bits per heavy atom. The van der Waals surface area contributed by atoms with Gasteiger partial charge in [-0.25, -0.2) is 17.5 Å². The van der Waals surface area contributed by atoms with E-state index in [9.17, 15) is 17.6 Å². The number of amides is 1. The van der Waals surface area contributed by atoms with Gasteiger partial charge in [-0.05, 0) is 74.4 Å². The van der Waals surface area contributed by atoms with E-state index in [0.29, 0.717) is 29.3 Å². The van der Waals surface area contributed by atoms with E-state index in [1.165, 1.54) is 39.9 Å². The van der Waals surface area contributed by atoms with Gasteiger partial charge in [-0.15, -0.1) is 11.3 Å². The number of hydrogen-bond acceptors (Lipinski definition) is 5. The topological polar surface area (TPSA) is 84.3 Å². The Morgan fingerprint density at radius 1 is 1.06 bits per heavy atom. The molecule has 0 spiro atoms. The van der Waals surface area contributed by atoms with Gasteiger partial charge in [0.15, 0.2) is 0 Å². The second kappa shape index (κ2) is 8.36. The molecule has 1 amide bonds. The molecule has 1 N–H and O–H groups in total. The van der Waals surface area contributed by atoms with E-state index in [1.54, 1.807) is 35.0 Å². The summed E-state index contributed by atoms with van der Waals surface area (Å²) in [4.78, 5) is 14.4. The van der Waals surface area contributed by atoms with Gasteiger partial charge in [0.25, 0.3) is 5.91 Å². The van der Waals surface area contributed by atoms with E-state index in [1.807, 2.05) is 6.92 Å². The Balaban J connectivity index is 1.37. The smallest absolute Gasteiger partial charge is 0.265 e. The van der Waals surface area contributed by atoms with Gasteiger partial charge < -0.3 is 5.32 Å². The largest absolute Gasteiger partial charge is 0.321 e. The van der Waals surface area contributed by atoms with Gasteiger partial charge in [0, 0.05) is 24.2 Å². The van der Waals surface area contributed by atoms with E-state index < -0.39 is 10.0 Å². The predicted octanol–water partition coefficient (Wildman–Crippen LogP) is 4.57. The fourth-order valence-electron chi connectivity index (χ4n) is 3.90. The first-order chi connectivity index (χ1) is 15.8. The molecule has 170 valence electrons. The van der Waals surface area contributed by atoms with Gasteiger partial charge in [0.05, 0.1) is 21.2 Å². The van der Waals surface area contributed by atoms with Crippen molar-refractivity contribution < 1.29 is 17.6 Å². The molecule has 5 rings (SSSR count). The first-order valence-electron chi connectivity index (χ1n) is 10.5. The van der Waals surface area contributed by atoms with Crippen LogP contribution in [0.1, 0.15) is 28.2 Å². The van der Waals surface area contributed by atoms with Crippen LogP contribution >= 0.6 is 11.3 Å². The average molecular weight is 485 g/mol. The molecule has 1 fully saturated rings. The number of carbonyl (C=O) groups is 1. The second-order valence-electron chi connectivity index (χ2n) is 7.89. The molecule has 0 bridgehead atoms. The third-order valence-electron chi connectivity index (χ3n) is 5.65. The van der Waals surface area contributed by atoms with Crippen LogP contribution in [0.25, 0.3) is 15.9 Å². The van der Waals surface area contributed by atoms with Gasteiger partial charge in [0.2, 0.25) is 10.0 Å². The fraction of sp³-hybridized carbons (Fsp3) is 0.217. The SMILES string of the molecule is Cc1nn(-c2ccc(F)cc2)c2sc(C(=O)Nc3ccc(S(=O)(=O)N4CCCC4)cc3)cc12. The maximum atomic E-state index is 13.3. The van der Waals surface area contributed by atoms with Crippen molar-refractivity contribution in [1.29, 1.82) is 0 Å². The van der Waals surface area contributed by atoms with Crippen molar-refractivity contribution in [2.45, 2.75) is 24.7 Å². The van der Waals surface area contributed by atoms with E-state index in [2.05, 4.69) is 10.4 Å². The first kappa shape index (κ1) is 21.7. The molecule has 0 saturated carbocycles. The Labute approximate surface area is 194 Å². The summed E-state index contributed by atoms with van der Waals surface area (Å²) in [5, 5.41) is 8.19. The summed E-state index contributed by atoms with van der Waals surface area (Å²) in [7, 11) is -3.50.